The summed E-state index contributed by atoms with van der Waals surface area (Å²) >= 11 is 2.38. The summed E-state index contributed by atoms with van der Waals surface area (Å²) in [6.07, 6.45) is -0.482. The van der Waals surface area contributed by atoms with Gasteiger partial charge in [-0.1, -0.05) is 18.3 Å². The van der Waals surface area contributed by atoms with Gasteiger partial charge in [0.05, 0.1) is 16.9 Å². The zero-order valence-corrected chi connectivity index (χ0v) is 13.7. The monoisotopic (exact) mass is 347 g/mol. The van der Waals surface area contributed by atoms with E-state index in [4.69, 9.17) is 0 Å². The average molecular weight is 347 g/mol. The molecule has 1 fully saturated rings. The van der Waals surface area contributed by atoms with E-state index >= 15 is 0 Å². The smallest absolute Gasteiger partial charge is 0.347 e. The number of aryl methyl sites for hydroxylation is 1. The summed E-state index contributed by atoms with van der Waals surface area (Å²) in [5, 5.41) is 3.62. The number of anilines is 1. The third-order valence-electron chi connectivity index (χ3n) is 3.75. The van der Waals surface area contributed by atoms with E-state index in [9.17, 15) is 13.2 Å². The third-order valence-corrected chi connectivity index (χ3v) is 5.90. The maximum absolute atomic E-state index is 12.7. The Hall–Kier alpha value is -1.15. The molecule has 8 heteroatoms. The second kappa shape index (κ2) is 6.16. The molecule has 3 heterocycles. The molecule has 2 aromatic heterocycles. The van der Waals surface area contributed by atoms with E-state index in [0.717, 1.165) is 54.0 Å². The summed E-state index contributed by atoms with van der Waals surface area (Å²) in [7, 11) is 0. The number of piperidine rings is 1. The van der Waals surface area contributed by atoms with Crippen molar-refractivity contribution in [2.24, 2.45) is 0 Å². The normalized spacial score (nSPS) is 19.6. The molecule has 22 heavy (non-hydrogen) atoms. The number of aromatic nitrogens is 2. The maximum atomic E-state index is 12.7. The van der Waals surface area contributed by atoms with Crippen LogP contribution < -0.4 is 4.90 Å². The van der Waals surface area contributed by atoms with Crippen molar-refractivity contribution in [1.29, 1.82) is 0 Å². The Kier molecular flexibility index (Phi) is 4.40. The van der Waals surface area contributed by atoms with Crippen LogP contribution in [0.25, 0.3) is 0 Å². The van der Waals surface area contributed by atoms with Crippen LogP contribution >= 0.6 is 22.7 Å². The van der Waals surface area contributed by atoms with E-state index in [0.29, 0.717) is 11.7 Å². The topological polar surface area (TPSA) is 29.0 Å². The number of alkyl halides is 3. The minimum Gasteiger partial charge on any atom is -0.347 e. The number of nitrogens with zero attached hydrogens (tertiary/aromatic N) is 3. The lowest BCUT2D eigenvalue weighted by atomic mass is 9.99. The molecule has 1 unspecified atom stereocenters. The van der Waals surface area contributed by atoms with Gasteiger partial charge in [0.2, 0.25) is 0 Å². The molecule has 0 spiro atoms. The average Bonchev–Trinajstić information content (AvgIpc) is 3.16. The maximum Gasteiger partial charge on any atom is 0.427 e. The minimum atomic E-state index is -4.31. The third kappa shape index (κ3) is 3.27. The molecule has 3 rings (SSSR count). The SMILES string of the molecule is CCc1csc(C2CCCN(c3ncc(C(F)(F)F)s3)C2)n1. The zero-order chi connectivity index (χ0) is 15.7. The highest BCUT2D eigenvalue weighted by atomic mass is 32.1. The quantitative estimate of drug-likeness (QED) is 0.815. The van der Waals surface area contributed by atoms with Gasteiger partial charge in [-0.15, -0.1) is 11.3 Å². The summed E-state index contributed by atoms with van der Waals surface area (Å²) in [6, 6.07) is 0. The van der Waals surface area contributed by atoms with Crippen LogP contribution in [-0.4, -0.2) is 23.1 Å². The molecule has 0 radical (unpaired) electrons. The lowest BCUT2D eigenvalue weighted by Gasteiger charge is -2.31. The van der Waals surface area contributed by atoms with Gasteiger partial charge in [0, 0.05) is 24.4 Å². The number of hydrogen-bond donors (Lipinski definition) is 0. The van der Waals surface area contributed by atoms with Gasteiger partial charge in [-0.2, -0.15) is 13.2 Å². The molecule has 1 atom stereocenters. The fraction of sp³-hybridized carbons (Fsp3) is 0.571. The summed E-state index contributed by atoms with van der Waals surface area (Å²) in [5.41, 5.74) is 1.09. The van der Waals surface area contributed by atoms with E-state index in [1.807, 2.05) is 4.90 Å². The van der Waals surface area contributed by atoms with Crippen LogP contribution in [0.4, 0.5) is 18.3 Å². The zero-order valence-electron chi connectivity index (χ0n) is 12.1. The van der Waals surface area contributed by atoms with Gasteiger partial charge >= 0.3 is 6.18 Å². The first kappa shape index (κ1) is 15.7. The Morgan fingerprint density at radius 3 is 2.86 bits per heavy atom. The first-order valence-corrected chi connectivity index (χ1v) is 8.89. The Balaban J connectivity index is 1.74. The molecule has 0 aliphatic carbocycles. The van der Waals surface area contributed by atoms with Gasteiger partial charge in [0.25, 0.3) is 0 Å². The molecule has 1 aliphatic heterocycles. The molecule has 0 N–H and O–H groups in total. The van der Waals surface area contributed by atoms with Crippen molar-refractivity contribution in [3.05, 3.63) is 27.2 Å². The second-order valence-corrected chi connectivity index (χ2v) is 7.22. The van der Waals surface area contributed by atoms with Crippen LogP contribution in [0.3, 0.4) is 0 Å². The van der Waals surface area contributed by atoms with Crippen molar-refractivity contribution in [3.8, 4) is 0 Å². The Morgan fingerprint density at radius 1 is 1.41 bits per heavy atom. The van der Waals surface area contributed by atoms with E-state index in [1.165, 1.54) is 0 Å². The lowest BCUT2D eigenvalue weighted by Crippen LogP contribution is -2.34. The molecule has 0 bridgehead atoms. The van der Waals surface area contributed by atoms with Crippen LogP contribution in [0, 0.1) is 0 Å². The lowest BCUT2D eigenvalue weighted by molar-refractivity contribution is -0.134. The van der Waals surface area contributed by atoms with Crippen molar-refractivity contribution in [2.45, 2.75) is 38.3 Å². The van der Waals surface area contributed by atoms with Crippen molar-refractivity contribution in [1.82, 2.24) is 9.97 Å². The number of halogens is 3. The van der Waals surface area contributed by atoms with Crippen LogP contribution in [-0.2, 0) is 12.6 Å². The summed E-state index contributed by atoms with van der Waals surface area (Å²) in [5.74, 6) is 0.289. The molecule has 0 amide bonds. The first-order chi connectivity index (χ1) is 10.5. The molecule has 0 aromatic carbocycles. The van der Waals surface area contributed by atoms with E-state index in [-0.39, 0.29) is 5.92 Å². The van der Waals surface area contributed by atoms with Crippen LogP contribution in [0.1, 0.15) is 41.3 Å². The molecule has 0 saturated carbocycles. The predicted molar refractivity (Wildman–Crippen MR) is 82.8 cm³/mol. The highest BCUT2D eigenvalue weighted by molar-refractivity contribution is 7.15. The van der Waals surface area contributed by atoms with Gasteiger partial charge in [0.1, 0.15) is 4.88 Å². The minimum absolute atomic E-state index is 0.289. The molecular formula is C14H16F3N3S2. The molecule has 120 valence electrons. The summed E-state index contributed by atoms with van der Waals surface area (Å²) in [4.78, 5) is 9.91. The standard InChI is InChI=1S/C14H16F3N3S2/c1-2-10-8-21-12(19-10)9-4-3-5-20(7-9)13-18-6-11(22-13)14(15,16)17/h6,8-9H,2-5,7H2,1H3. The molecule has 1 aliphatic rings. The Morgan fingerprint density at radius 2 is 2.23 bits per heavy atom. The van der Waals surface area contributed by atoms with Crippen molar-refractivity contribution >= 4 is 27.8 Å². The number of rotatable bonds is 3. The molecular weight excluding hydrogens is 331 g/mol. The second-order valence-electron chi connectivity index (χ2n) is 5.32. The van der Waals surface area contributed by atoms with Crippen LogP contribution in [0.2, 0.25) is 0 Å². The molecule has 3 nitrogen and oxygen atoms in total. The fourth-order valence-corrected chi connectivity index (χ4v) is 4.42. The summed E-state index contributed by atoms with van der Waals surface area (Å²) < 4.78 is 38.1. The first-order valence-electron chi connectivity index (χ1n) is 7.19. The number of thiazole rings is 2. The fourth-order valence-electron chi connectivity index (χ4n) is 2.57. The van der Waals surface area contributed by atoms with Crippen molar-refractivity contribution < 1.29 is 13.2 Å². The Bertz CT molecular complexity index is 635. The highest BCUT2D eigenvalue weighted by Gasteiger charge is 2.34. The van der Waals surface area contributed by atoms with Gasteiger partial charge in [-0.05, 0) is 19.3 Å². The van der Waals surface area contributed by atoms with Gasteiger partial charge in [-0.25, -0.2) is 9.97 Å². The van der Waals surface area contributed by atoms with Crippen LogP contribution in [0.15, 0.2) is 11.6 Å². The number of hydrogen-bond acceptors (Lipinski definition) is 5. The highest BCUT2D eigenvalue weighted by Crippen LogP contribution is 2.38. The van der Waals surface area contributed by atoms with Crippen molar-refractivity contribution in [3.63, 3.8) is 0 Å². The van der Waals surface area contributed by atoms with E-state index in [1.54, 1.807) is 11.3 Å². The summed E-state index contributed by atoms with van der Waals surface area (Å²) in [6.45, 7) is 3.52. The van der Waals surface area contributed by atoms with Crippen molar-refractivity contribution in [2.75, 3.05) is 18.0 Å². The Labute approximate surface area is 134 Å². The van der Waals surface area contributed by atoms with Gasteiger partial charge in [-0.3, -0.25) is 0 Å². The van der Waals surface area contributed by atoms with E-state index < -0.39 is 11.1 Å². The largest absolute Gasteiger partial charge is 0.427 e. The van der Waals surface area contributed by atoms with Gasteiger partial charge in [0.15, 0.2) is 5.13 Å². The van der Waals surface area contributed by atoms with Crippen LogP contribution in [0.5, 0.6) is 0 Å². The predicted octanol–water partition coefficient (Wildman–Crippen LogP) is 4.56. The van der Waals surface area contributed by atoms with E-state index in [2.05, 4.69) is 22.3 Å². The van der Waals surface area contributed by atoms with Gasteiger partial charge < -0.3 is 4.90 Å². The molecule has 1 saturated heterocycles. The molecule has 2 aromatic rings.